The van der Waals surface area contributed by atoms with Crippen molar-refractivity contribution in [3.8, 4) is 0 Å². The molecule has 13 heteroatoms. The van der Waals surface area contributed by atoms with E-state index in [2.05, 4.69) is 61.8 Å². The Bertz CT molecular complexity index is 1790. The first-order valence-corrected chi connectivity index (χ1v) is 19.1. The summed E-state index contributed by atoms with van der Waals surface area (Å²) in [4.78, 5) is 20.9. The van der Waals surface area contributed by atoms with Gasteiger partial charge in [0, 0.05) is 75.3 Å². The first kappa shape index (κ1) is 40.6. The van der Waals surface area contributed by atoms with E-state index in [0.717, 1.165) is 67.6 Å². The quantitative estimate of drug-likeness (QED) is 0.0798. The lowest BCUT2D eigenvalue weighted by Gasteiger charge is -2.42. The van der Waals surface area contributed by atoms with Crippen molar-refractivity contribution in [3.63, 3.8) is 0 Å². The number of aromatic nitrogens is 3. The average Bonchev–Trinajstić information content (AvgIpc) is 3.69. The summed E-state index contributed by atoms with van der Waals surface area (Å²) in [6, 6.07) is 19.7. The molecular weight excluding hydrogens is 706 g/mol. The number of likely N-dealkylation sites (tertiary alicyclic amines) is 1. The number of piperidine rings is 1. The van der Waals surface area contributed by atoms with E-state index < -0.39 is 5.92 Å². The first-order chi connectivity index (χ1) is 26.7. The molecule has 3 heterocycles. The minimum absolute atomic E-state index is 0.118. The fourth-order valence-corrected chi connectivity index (χ4v) is 7.33. The van der Waals surface area contributed by atoms with Crippen molar-refractivity contribution in [1.82, 2.24) is 25.4 Å². The second-order valence-corrected chi connectivity index (χ2v) is 14.9. The number of nitrogens with one attached hydrogen (secondary N) is 2. The van der Waals surface area contributed by atoms with Gasteiger partial charge < -0.3 is 29.2 Å². The molecule has 0 unspecified atom stereocenters. The summed E-state index contributed by atoms with van der Waals surface area (Å²) in [5, 5.41) is 9.99. The smallest absolute Gasteiger partial charge is 0.270 e. The van der Waals surface area contributed by atoms with Crippen LogP contribution in [0.25, 0.3) is 0 Å². The van der Waals surface area contributed by atoms with E-state index in [0.29, 0.717) is 76.6 Å². The lowest BCUT2D eigenvalue weighted by Crippen LogP contribution is -2.48. The van der Waals surface area contributed by atoms with Crippen LogP contribution in [0.2, 0.25) is 0 Å². The monoisotopic (exact) mass is 760 g/mol. The number of carbonyl (C=O) groups is 1. The lowest BCUT2D eigenvalue weighted by molar-refractivity contribution is -0.0607. The van der Waals surface area contributed by atoms with Crippen molar-refractivity contribution >= 4 is 12.0 Å². The van der Waals surface area contributed by atoms with Crippen LogP contribution < -0.4 is 10.2 Å². The summed E-state index contributed by atoms with van der Waals surface area (Å²) in [5.74, 6) is -2.35. The van der Waals surface area contributed by atoms with Gasteiger partial charge in [0.1, 0.15) is 18.4 Å². The van der Waals surface area contributed by atoms with Gasteiger partial charge in [0.25, 0.3) is 5.92 Å². The molecule has 6 rings (SSSR count). The van der Waals surface area contributed by atoms with Crippen LogP contribution >= 0.6 is 0 Å². The van der Waals surface area contributed by atoms with E-state index in [-0.39, 0.29) is 29.2 Å². The van der Waals surface area contributed by atoms with Crippen LogP contribution in [0.3, 0.4) is 0 Å². The number of hydrogen-bond donors (Lipinski definition) is 2. The molecule has 2 N–H and O–H groups in total. The summed E-state index contributed by atoms with van der Waals surface area (Å²) in [6.07, 6.45) is 4.64. The Balaban J connectivity index is 0.994. The predicted molar refractivity (Wildman–Crippen MR) is 206 cm³/mol. The molecule has 0 spiro atoms. The van der Waals surface area contributed by atoms with E-state index in [1.807, 2.05) is 31.1 Å². The number of anilines is 1. The highest BCUT2D eigenvalue weighted by molar-refractivity contribution is 5.79. The van der Waals surface area contributed by atoms with Gasteiger partial charge in [-0.25, -0.2) is 13.8 Å². The molecule has 0 saturated carbocycles. The summed E-state index contributed by atoms with van der Waals surface area (Å²) < 4.78 is 53.8. The van der Waals surface area contributed by atoms with Gasteiger partial charge in [-0.3, -0.25) is 14.8 Å². The Morgan fingerprint density at radius 1 is 1.02 bits per heavy atom. The molecule has 0 atom stereocenters. The zero-order chi connectivity index (χ0) is 38.7. The number of hydrogen-bond acceptors (Lipinski definition) is 10. The van der Waals surface area contributed by atoms with Crippen LogP contribution in [0.1, 0.15) is 69.3 Å². The summed E-state index contributed by atoms with van der Waals surface area (Å²) in [5.41, 5.74) is 5.13. The first-order valence-electron chi connectivity index (χ1n) is 19.1. The molecule has 2 aliphatic rings. The van der Waals surface area contributed by atoms with E-state index in [1.165, 1.54) is 6.33 Å². The minimum Gasteiger partial charge on any atom is -0.379 e. The molecule has 0 amide bonds. The van der Waals surface area contributed by atoms with Crippen LogP contribution in [0.5, 0.6) is 0 Å². The fraction of sp³-hybridized carbons (Fsp3) is 0.500. The van der Waals surface area contributed by atoms with Gasteiger partial charge in [-0.1, -0.05) is 36.4 Å². The van der Waals surface area contributed by atoms with Crippen LogP contribution in [0.4, 0.5) is 14.5 Å². The average molecular weight is 761 g/mol. The number of carbonyl (C=O) groups excluding carboxylic acids is 1. The largest absolute Gasteiger partial charge is 0.379 e. The number of aldehydes is 1. The minimum atomic E-state index is -3.14. The highest BCUT2D eigenvalue weighted by Crippen LogP contribution is 2.38. The number of alkyl halides is 2. The van der Waals surface area contributed by atoms with Gasteiger partial charge in [0.15, 0.2) is 0 Å². The molecule has 0 aliphatic carbocycles. The van der Waals surface area contributed by atoms with Crippen molar-refractivity contribution in [2.24, 2.45) is 0 Å². The number of nitrogens with zero attached hydrogens (tertiary/aromatic N) is 4. The van der Waals surface area contributed by atoms with Crippen molar-refractivity contribution in [3.05, 3.63) is 112 Å². The number of ether oxygens (including phenoxy) is 4. The standard InChI is InChI=1S/C42H54F2N6O5/c1-41(43,44)39-20-33(23-50-14-11-37(12-15-50)55-18-17-53-27-32-9-7-31(8-10-32)26-52-16-13-45-2)19-34(25-51)38(39)24-49(3)36-6-4-5-35(21-36)42(28-54-29-42)22-40-46-30-47-48-40/h4-10,19-21,25,30,37,45H,11-18,22-24,26-29H2,1-3H3,(H,46,47,48). The number of likely N-dealkylation sites (N-methyl/N-ethyl adjacent to an activating group) is 1. The molecule has 2 saturated heterocycles. The molecular formula is C42H54F2N6O5. The Morgan fingerprint density at radius 3 is 2.36 bits per heavy atom. The van der Waals surface area contributed by atoms with E-state index in [9.17, 15) is 4.79 Å². The number of aromatic amines is 1. The molecule has 0 bridgehead atoms. The third-order valence-corrected chi connectivity index (χ3v) is 10.5. The van der Waals surface area contributed by atoms with E-state index >= 15 is 8.78 Å². The van der Waals surface area contributed by atoms with Crippen molar-refractivity contribution < 1.29 is 32.5 Å². The Hall–Kier alpha value is -4.11. The van der Waals surface area contributed by atoms with Crippen molar-refractivity contribution in [2.75, 3.05) is 71.7 Å². The zero-order valence-electron chi connectivity index (χ0n) is 32.2. The number of H-pyrrole nitrogens is 1. The Morgan fingerprint density at radius 2 is 1.75 bits per heavy atom. The highest BCUT2D eigenvalue weighted by Gasteiger charge is 2.41. The molecule has 1 aromatic heterocycles. The third kappa shape index (κ3) is 11.0. The van der Waals surface area contributed by atoms with Crippen LogP contribution in [0.15, 0.2) is 67.0 Å². The highest BCUT2D eigenvalue weighted by atomic mass is 19.3. The van der Waals surface area contributed by atoms with Crippen molar-refractivity contribution in [2.45, 2.75) is 69.9 Å². The van der Waals surface area contributed by atoms with Crippen LogP contribution in [0, 0.1) is 0 Å². The second kappa shape index (κ2) is 19.2. The number of rotatable bonds is 21. The molecule has 11 nitrogen and oxygen atoms in total. The second-order valence-electron chi connectivity index (χ2n) is 14.9. The SMILES string of the molecule is CNCCOCc1ccc(COCCOC2CCN(Cc3cc(C=O)c(CN(C)c4cccc(C5(Cc6ncn[nH]6)COC5)c4)c(C(C)(F)F)c3)CC2)cc1. The maximum atomic E-state index is 15.3. The van der Waals surface area contributed by atoms with Crippen LogP contribution in [-0.4, -0.2) is 99.2 Å². The van der Waals surface area contributed by atoms with Gasteiger partial charge in [0.2, 0.25) is 0 Å². The van der Waals surface area contributed by atoms with Gasteiger partial charge >= 0.3 is 0 Å². The predicted octanol–water partition coefficient (Wildman–Crippen LogP) is 5.81. The molecule has 0 radical (unpaired) electrons. The maximum Gasteiger partial charge on any atom is 0.270 e. The molecule has 2 aliphatic heterocycles. The van der Waals surface area contributed by atoms with Gasteiger partial charge in [-0.05, 0) is 72.0 Å². The lowest BCUT2D eigenvalue weighted by atomic mass is 9.75. The van der Waals surface area contributed by atoms with Gasteiger partial charge in [0.05, 0.1) is 52.4 Å². The van der Waals surface area contributed by atoms with Gasteiger partial charge in [-0.15, -0.1) is 0 Å². The van der Waals surface area contributed by atoms with Gasteiger partial charge in [-0.2, -0.15) is 5.10 Å². The molecule has 4 aromatic rings. The maximum absolute atomic E-state index is 15.3. The van der Waals surface area contributed by atoms with E-state index in [1.54, 1.807) is 12.1 Å². The van der Waals surface area contributed by atoms with E-state index in [4.69, 9.17) is 18.9 Å². The summed E-state index contributed by atoms with van der Waals surface area (Å²) >= 11 is 0. The van der Waals surface area contributed by atoms with Crippen LogP contribution in [-0.2, 0) is 63.0 Å². The molecule has 296 valence electrons. The molecule has 55 heavy (non-hydrogen) atoms. The zero-order valence-corrected chi connectivity index (χ0v) is 32.2. The normalized spacial score (nSPS) is 16.2. The fourth-order valence-electron chi connectivity index (χ4n) is 7.33. The number of benzene rings is 3. The Labute approximate surface area is 322 Å². The Kier molecular flexibility index (Phi) is 14.1. The third-order valence-electron chi connectivity index (χ3n) is 10.5. The number of halogens is 2. The molecule has 3 aromatic carbocycles. The summed E-state index contributed by atoms with van der Waals surface area (Å²) in [7, 11) is 3.77. The topological polar surface area (TPSA) is 114 Å². The summed E-state index contributed by atoms with van der Waals surface area (Å²) in [6.45, 7) is 7.82. The molecule has 2 fully saturated rings. The van der Waals surface area contributed by atoms with Crippen molar-refractivity contribution in [1.29, 1.82) is 0 Å².